The third kappa shape index (κ3) is 4.11. The van der Waals surface area contributed by atoms with Gasteiger partial charge in [0.15, 0.2) is 0 Å². The number of primary sulfonamides is 1. The molecule has 0 aliphatic heterocycles. The van der Waals surface area contributed by atoms with Crippen molar-refractivity contribution in [3.8, 4) is 0 Å². The first-order chi connectivity index (χ1) is 8.95. The number of benzene rings is 1. The molecule has 0 atom stereocenters. The van der Waals surface area contributed by atoms with Crippen LogP contribution < -0.4 is 16.2 Å². The maximum absolute atomic E-state index is 11.3. The minimum Gasteiger partial charge on any atom is -0.399 e. The van der Waals surface area contributed by atoms with Crippen LogP contribution in [-0.4, -0.2) is 15.0 Å². The van der Waals surface area contributed by atoms with Crippen molar-refractivity contribution in [1.82, 2.24) is 0 Å². The predicted molar refractivity (Wildman–Crippen MR) is 77.3 cm³/mol. The molecule has 0 amide bonds. The lowest BCUT2D eigenvalue weighted by atomic mass is 9.89. The number of sulfonamides is 1. The Morgan fingerprint density at radius 2 is 1.84 bits per heavy atom. The van der Waals surface area contributed by atoms with E-state index >= 15 is 0 Å². The highest BCUT2D eigenvalue weighted by atomic mass is 32.2. The van der Waals surface area contributed by atoms with Crippen LogP contribution in [0.25, 0.3) is 0 Å². The number of hydrogen-bond acceptors (Lipinski definition) is 4. The van der Waals surface area contributed by atoms with E-state index in [2.05, 4.69) is 5.32 Å². The van der Waals surface area contributed by atoms with Gasteiger partial charge in [0.2, 0.25) is 10.0 Å². The summed E-state index contributed by atoms with van der Waals surface area (Å²) < 4.78 is 22.7. The molecule has 1 aromatic rings. The third-order valence-corrected chi connectivity index (χ3v) is 4.47. The summed E-state index contributed by atoms with van der Waals surface area (Å²) in [5.41, 5.74) is 6.82. The highest BCUT2D eigenvalue weighted by Crippen LogP contribution is 2.25. The number of nitrogens with two attached hydrogens (primary N) is 2. The average molecular weight is 283 g/mol. The summed E-state index contributed by atoms with van der Waals surface area (Å²) in [6, 6.07) is 4.65. The van der Waals surface area contributed by atoms with Gasteiger partial charge in [-0.25, -0.2) is 13.6 Å². The molecule has 0 unspecified atom stereocenters. The zero-order valence-corrected chi connectivity index (χ0v) is 11.7. The van der Waals surface area contributed by atoms with Crippen molar-refractivity contribution in [1.29, 1.82) is 0 Å². The van der Waals surface area contributed by atoms with Crippen molar-refractivity contribution in [3.05, 3.63) is 18.2 Å². The fourth-order valence-corrected chi connectivity index (χ4v) is 3.13. The first-order valence-corrected chi connectivity index (χ1v) is 8.17. The van der Waals surface area contributed by atoms with Gasteiger partial charge in [-0.3, -0.25) is 0 Å². The molecule has 5 N–H and O–H groups in total. The molecule has 2 rings (SSSR count). The zero-order chi connectivity index (χ0) is 13.9. The van der Waals surface area contributed by atoms with Crippen molar-refractivity contribution < 1.29 is 8.42 Å². The predicted octanol–water partition coefficient (Wildman–Crippen LogP) is 1.91. The molecule has 0 heterocycles. The SMILES string of the molecule is Nc1cc(NCC2CCCCC2)cc(S(N)(=O)=O)c1. The van der Waals surface area contributed by atoms with Crippen LogP contribution in [-0.2, 0) is 10.0 Å². The molecule has 1 aromatic carbocycles. The lowest BCUT2D eigenvalue weighted by Crippen LogP contribution is -2.18. The Labute approximate surface area is 114 Å². The van der Waals surface area contributed by atoms with Crippen molar-refractivity contribution in [2.24, 2.45) is 11.1 Å². The van der Waals surface area contributed by atoms with Gasteiger partial charge in [-0.2, -0.15) is 0 Å². The zero-order valence-electron chi connectivity index (χ0n) is 10.9. The van der Waals surface area contributed by atoms with E-state index in [0.29, 0.717) is 11.6 Å². The smallest absolute Gasteiger partial charge is 0.238 e. The molecule has 0 aromatic heterocycles. The van der Waals surface area contributed by atoms with Gasteiger partial charge in [-0.15, -0.1) is 0 Å². The van der Waals surface area contributed by atoms with E-state index in [1.807, 2.05) is 0 Å². The van der Waals surface area contributed by atoms with E-state index in [-0.39, 0.29) is 4.90 Å². The standard InChI is InChI=1S/C13H21N3O2S/c14-11-6-12(8-13(7-11)19(15,17)18)16-9-10-4-2-1-3-5-10/h6-8,10,16H,1-5,9,14H2,(H2,15,17,18). The Morgan fingerprint density at radius 1 is 1.16 bits per heavy atom. The summed E-state index contributed by atoms with van der Waals surface area (Å²) in [5.74, 6) is 0.660. The van der Waals surface area contributed by atoms with E-state index in [9.17, 15) is 8.42 Å². The molecular formula is C13H21N3O2S. The molecule has 0 spiro atoms. The molecule has 1 aliphatic rings. The Hall–Kier alpha value is -1.27. The third-order valence-electron chi connectivity index (χ3n) is 3.58. The molecule has 106 valence electrons. The molecule has 1 saturated carbocycles. The summed E-state index contributed by atoms with van der Waals surface area (Å²) in [4.78, 5) is 0.0543. The molecule has 6 heteroatoms. The quantitative estimate of drug-likeness (QED) is 0.735. The second kappa shape index (κ2) is 5.79. The minimum absolute atomic E-state index is 0.0543. The Morgan fingerprint density at radius 3 is 2.47 bits per heavy atom. The summed E-state index contributed by atoms with van der Waals surface area (Å²) >= 11 is 0. The normalized spacial score (nSPS) is 17.3. The Bertz CT molecular complexity index is 537. The van der Waals surface area contributed by atoms with E-state index in [1.165, 1.54) is 44.2 Å². The number of hydrogen-bond donors (Lipinski definition) is 3. The average Bonchev–Trinajstić information content (AvgIpc) is 2.36. The van der Waals surface area contributed by atoms with E-state index in [1.54, 1.807) is 6.07 Å². The fraction of sp³-hybridized carbons (Fsp3) is 0.538. The second-order valence-corrected chi connectivity index (χ2v) is 6.78. The van der Waals surface area contributed by atoms with Gasteiger partial charge < -0.3 is 11.1 Å². The van der Waals surface area contributed by atoms with Crippen LogP contribution in [0.4, 0.5) is 11.4 Å². The molecule has 5 nitrogen and oxygen atoms in total. The first-order valence-electron chi connectivity index (χ1n) is 6.62. The summed E-state index contributed by atoms with van der Waals surface area (Å²) in [5, 5.41) is 8.39. The molecule has 0 bridgehead atoms. The monoisotopic (exact) mass is 283 g/mol. The van der Waals surface area contributed by atoms with Gasteiger partial charge in [-0.05, 0) is 37.0 Å². The lowest BCUT2D eigenvalue weighted by Gasteiger charge is -2.22. The molecule has 0 saturated heterocycles. The van der Waals surface area contributed by atoms with Gasteiger partial charge in [0.1, 0.15) is 0 Å². The second-order valence-electron chi connectivity index (χ2n) is 5.22. The Kier molecular flexibility index (Phi) is 4.31. The van der Waals surface area contributed by atoms with Crippen LogP contribution in [0.1, 0.15) is 32.1 Å². The number of rotatable bonds is 4. The van der Waals surface area contributed by atoms with E-state index in [0.717, 1.165) is 12.2 Å². The van der Waals surface area contributed by atoms with Crippen LogP contribution >= 0.6 is 0 Å². The largest absolute Gasteiger partial charge is 0.399 e. The van der Waals surface area contributed by atoms with Gasteiger partial charge in [0.25, 0.3) is 0 Å². The Balaban J connectivity index is 2.05. The number of nitrogen functional groups attached to an aromatic ring is 1. The van der Waals surface area contributed by atoms with E-state index < -0.39 is 10.0 Å². The van der Waals surface area contributed by atoms with Crippen LogP contribution in [0.15, 0.2) is 23.1 Å². The molecule has 0 radical (unpaired) electrons. The van der Waals surface area contributed by atoms with Gasteiger partial charge in [0.05, 0.1) is 4.90 Å². The highest BCUT2D eigenvalue weighted by Gasteiger charge is 2.14. The number of anilines is 2. The number of nitrogens with one attached hydrogen (secondary N) is 1. The lowest BCUT2D eigenvalue weighted by molar-refractivity contribution is 0.373. The maximum atomic E-state index is 11.3. The van der Waals surface area contributed by atoms with Gasteiger partial charge >= 0.3 is 0 Å². The maximum Gasteiger partial charge on any atom is 0.238 e. The van der Waals surface area contributed by atoms with E-state index in [4.69, 9.17) is 10.9 Å². The minimum atomic E-state index is -3.71. The topological polar surface area (TPSA) is 98.2 Å². The molecule has 1 fully saturated rings. The highest BCUT2D eigenvalue weighted by molar-refractivity contribution is 7.89. The summed E-state index contributed by atoms with van der Waals surface area (Å²) in [7, 11) is -3.71. The molecule has 19 heavy (non-hydrogen) atoms. The van der Waals surface area contributed by atoms with Gasteiger partial charge in [-0.1, -0.05) is 19.3 Å². The van der Waals surface area contributed by atoms with Crippen molar-refractivity contribution in [3.63, 3.8) is 0 Å². The fourth-order valence-electron chi connectivity index (χ4n) is 2.54. The van der Waals surface area contributed by atoms with Crippen LogP contribution in [0.5, 0.6) is 0 Å². The molecular weight excluding hydrogens is 262 g/mol. The summed E-state index contributed by atoms with van der Waals surface area (Å²) in [6.07, 6.45) is 6.36. The van der Waals surface area contributed by atoms with Crippen molar-refractivity contribution in [2.75, 3.05) is 17.6 Å². The van der Waals surface area contributed by atoms with Gasteiger partial charge in [0, 0.05) is 17.9 Å². The summed E-state index contributed by atoms with van der Waals surface area (Å²) in [6.45, 7) is 0.855. The van der Waals surface area contributed by atoms with Crippen molar-refractivity contribution >= 4 is 21.4 Å². The van der Waals surface area contributed by atoms with Crippen molar-refractivity contribution in [2.45, 2.75) is 37.0 Å². The first kappa shape index (κ1) is 14.1. The van der Waals surface area contributed by atoms with Crippen LogP contribution in [0.2, 0.25) is 0 Å². The van der Waals surface area contributed by atoms with Crippen LogP contribution in [0.3, 0.4) is 0 Å². The molecule has 1 aliphatic carbocycles. The van der Waals surface area contributed by atoms with Crippen LogP contribution in [0, 0.1) is 5.92 Å².